The van der Waals surface area contributed by atoms with Crippen molar-refractivity contribution in [3.63, 3.8) is 0 Å². The third-order valence-corrected chi connectivity index (χ3v) is 6.35. The van der Waals surface area contributed by atoms with E-state index >= 15 is 0 Å². The van der Waals surface area contributed by atoms with Crippen LogP contribution in [0, 0.1) is 25.5 Å². The largest absolute Gasteiger partial charge is 0.455 e. The zero-order valence-corrected chi connectivity index (χ0v) is 20.8. The molecule has 0 atom stereocenters. The minimum Gasteiger partial charge on any atom is -0.455 e. The van der Waals surface area contributed by atoms with Crippen LogP contribution in [0.2, 0.25) is 10.0 Å². The lowest BCUT2D eigenvalue weighted by Crippen LogP contribution is -2.35. The zero-order chi connectivity index (χ0) is 25.3. The summed E-state index contributed by atoms with van der Waals surface area (Å²) < 4.78 is 34.0. The second-order valence-corrected chi connectivity index (χ2v) is 8.90. The highest BCUT2D eigenvalue weighted by molar-refractivity contribution is 7.80. The van der Waals surface area contributed by atoms with Gasteiger partial charge < -0.3 is 10.1 Å². The first-order valence-corrected chi connectivity index (χ1v) is 11.5. The van der Waals surface area contributed by atoms with Gasteiger partial charge in [0.25, 0.3) is 5.91 Å². The lowest BCUT2D eigenvalue weighted by Gasteiger charge is -2.18. The number of hydrogen-bond donors (Lipinski definition) is 2. The van der Waals surface area contributed by atoms with E-state index in [0.29, 0.717) is 38.4 Å². The van der Waals surface area contributed by atoms with Crippen molar-refractivity contribution in [3.8, 4) is 11.5 Å². The van der Waals surface area contributed by atoms with Gasteiger partial charge >= 0.3 is 0 Å². The molecule has 4 aromatic carbocycles. The molecule has 2 N–H and O–H groups in total. The molecular formula is C26H18Cl2F2N2O2S. The number of thiocarbonyl (C=S) groups is 1. The smallest absolute Gasteiger partial charge is 0.263 e. The first kappa shape index (κ1) is 24.9. The van der Waals surface area contributed by atoms with E-state index in [1.165, 1.54) is 6.07 Å². The Kier molecular flexibility index (Phi) is 7.21. The van der Waals surface area contributed by atoms with Crippen LogP contribution in [0.4, 0.5) is 14.5 Å². The fraction of sp³-hybridized carbons (Fsp3) is 0.0769. The molecule has 178 valence electrons. The summed E-state index contributed by atoms with van der Waals surface area (Å²) in [4.78, 5) is 12.3. The monoisotopic (exact) mass is 530 g/mol. The molecule has 0 aliphatic rings. The van der Waals surface area contributed by atoms with Crippen LogP contribution in [-0.4, -0.2) is 11.0 Å². The molecule has 1 amide bonds. The van der Waals surface area contributed by atoms with E-state index in [9.17, 15) is 13.6 Å². The molecule has 0 unspecified atom stereocenters. The molecule has 4 aromatic rings. The molecule has 0 spiro atoms. The van der Waals surface area contributed by atoms with Crippen molar-refractivity contribution in [1.29, 1.82) is 0 Å². The Morgan fingerprint density at radius 1 is 0.943 bits per heavy atom. The van der Waals surface area contributed by atoms with Crippen LogP contribution in [-0.2, 0) is 0 Å². The number of benzene rings is 4. The van der Waals surface area contributed by atoms with Gasteiger partial charge in [0.1, 0.15) is 28.7 Å². The van der Waals surface area contributed by atoms with Crippen LogP contribution in [0.5, 0.6) is 11.5 Å². The van der Waals surface area contributed by atoms with E-state index in [1.54, 1.807) is 32.0 Å². The average Bonchev–Trinajstić information content (AvgIpc) is 2.81. The molecule has 0 aliphatic heterocycles. The van der Waals surface area contributed by atoms with Gasteiger partial charge in [-0.3, -0.25) is 10.1 Å². The summed E-state index contributed by atoms with van der Waals surface area (Å²) in [6.45, 7) is 3.55. The highest BCUT2D eigenvalue weighted by Gasteiger charge is 2.20. The Bertz CT molecular complexity index is 1470. The molecule has 0 fully saturated rings. The Balaban J connectivity index is 1.58. The minimum absolute atomic E-state index is 0.145. The highest BCUT2D eigenvalue weighted by atomic mass is 35.5. The summed E-state index contributed by atoms with van der Waals surface area (Å²) in [7, 11) is 0. The van der Waals surface area contributed by atoms with Crippen molar-refractivity contribution >= 4 is 62.9 Å². The van der Waals surface area contributed by atoms with Gasteiger partial charge in [-0.25, -0.2) is 8.78 Å². The predicted octanol–water partition coefficient (Wildman–Crippen LogP) is 7.96. The third kappa shape index (κ3) is 5.07. The summed E-state index contributed by atoms with van der Waals surface area (Å²) in [6, 6.07) is 16.0. The Morgan fingerprint density at radius 2 is 1.60 bits per heavy atom. The van der Waals surface area contributed by atoms with Crippen LogP contribution < -0.4 is 15.4 Å². The molecule has 4 rings (SSSR count). The van der Waals surface area contributed by atoms with Gasteiger partial charge in [-0.1, -0.05) is 53.5 Å². The van der Waals surface area contributed by atoms with Crippen LogP contribution >= 0.6 is 35.4 Å². The fourth-order valence-corrected chi connectivity index (χ4v) is 4.29. The molecular weight excluding hydrogens is 513 g/mol. The van der Waals surface area contributed by atoms with Crippen molar-refractivity contribution in [2.24, 2.45) is 0 Å². The summed E-state index contributed by atoms with van der Waals surface area (Å²) in [6.07, 6.45) is 0. The molecule has 0 bridgehead atoms. The van der Waals surface area contributed by atoms with Crippen LogP contribution in [0.25, 0.3) is 10.8 Å². The number of carbonyl (C=O) groups excluding carboxylic acids is 1. The van der Waals surface area contributed by atoms with E-state index in [2.05, 4.69) is 10.6 Å². The number of halogens is 4. The third-order valence-electron chi connectivity index (χ3n) is 5.36. The molecule has 4 nitrogen and oxygen atoms in total. The number of ether oxygens (including phenoxy) is 1. The Morgan fingerprint density at radius 3 is 2.29 bits per heavy atom. The molecule has 0 saturated heterocycles. The molecule has 0 heterocycles. The second-order valence-electron chi connectivity index (χ2n) is 7.71. The maximum absolute atomic E-state index is 13.9. The number of carbonyl (C=O) groups is 1. The van der Waals surface area contributed by atoms with Crippen molar-refractivity contribution in [3.05, 3.63) is 99.0 Å². The van der Waals surface area contributed by atoms with E-state index in [1.807, 2.05) is 24.3 Å². The predicted molar refractivity (Wildman–Crippen MR) is 140 cm³/mol. The van der Waals surface area contributed by atoms with E-state index in [0.717, 1.165) is 22.9 Å². The number of anilines is 1. The summed E-state index contributed by atoms with van der Waals surface area (Å²) in [5.74, 6) is -1.95. The standard InChI is InChI=1S/C26H18Cl2F2N2O2S/c1-13-12-20(31-26(35)32-25(33)22-18(29)8-5-9-19(22)30)14(2)23(28)24(13)34-21-11-10-17(27)15-6-3-4-7-16(15)21/h3-12H,1-2H3,(H2,31,32,33,35). The topological polar surface area (TPSA) is 50.4 Å². The summed E-state index contributed by atoms with van der Waals surface area (Å²) in [5.41, 5.74) is 1.07. The first-order valence-electron chi connectivity index (χ1n) is 10.4. The molecule has 0 saturated carbocycles. The fourth-order valence-electron chi connectivity index (χ4n) is 3.57. The van der Waals surface area contributed by atoms with Crippen LogP contribution in [0.15, 0.2) is 60.7 Å². The van der Waals surface area contributed by atoms with Gasteiger partial charge in [0.15, 0.2) is 5.11 Å². The minimum atomic E-state index is -1.01. The van der Waals surface area contributed by atoms with Crippen molar-refractivity contribution in [2.75, 3.05) is 5.32 Å². The first-order chi connectivity index (χ1) is 16.7. The molecule has 0 aromatic heterocycles. The Hall–Kier alpha value is -3.26. The summed E-state index contributed by atoms with van der Waals surface area (Å²) >= 11 is 18.1. The zero-order valence-electron chi connectivity index (χ0n) is 18.5. The highest BCUT2D eigenvalue weighted by Crippen LogP contribution is 2.41. The SMILES string of the molecule is Cc1cc(NC(=S)NC(=O)c2c(F)cccc2F)c(C)c(Cl)c1Oc1ccc(Cl)c2ccccc12. The van der Waals surface area contributed by atoms with Gasteiger partial charge in [-0.2, -0.15) is 0 Å². The van der Waals surface area contributed by atoms with Gasteiger partial charge in [-0.05, 0) is 67.5 Å². The number of amides is 1. The number of fused-ring (bicyclic) bond motifs is 1. The lowest BCUT2D eigenvalue weighted by atomic mass is 10.1. The normalized spacial score (nSPS) is 10.8. The van der Waals surface area contributed by atoms with Crippen LogP contribution in [0.3, 0.4) is 0 Å². The van der Waals surface area contributed by atoms with Crippen molar-refractivity contribution in [1.82, 2.24) is 5.32 Å². The van der Waals surface area contributed by atoms with Gasteiger partial charge in [0.05, 0.1) is 5.02 Å². The molecule has 0 aliphatic carbocycles. The molecule has 35 heavy (non-hydrogen) atoms. The van der Waals surface area contributed by atoms with Crippen molar-refractivity contribution < 1.29 is 18.3 Å². The van der Waals surface area contributed by atoms with E-state index in [4.69, 9.17) is 40.2 Å². The number of aryl methyl sites for hydroxylation is 1. The quantitative estimate of drug-likeness (QED) is 0.263. The van der Waals surface area contributed by atoms with Gasteiger partial charge in [0, 0.05) is 21.5 Å². The number of nitrogens with one attached hydrogen (secondary N) is 2. The second kappa shape index (κ2) is 10.2. The van der Waals surface area contributed by atoms with Crippen LogP contribution in [0.1, 0.15) is 21.5 Å². The van der Waals surface area contributed by atoms with E-state index < -0.39 is 23.1 Å². The van der Waals surface area contributed by atoms with Gasteiger partial charge in [0.2, 0.25) is 0 Å². The molecule has 9 heteroatoms. The molecule has 0 radical (unpaired) electrons. The average molecular weight is 531 g/mol. The van der Waals surface area contributed by atoms with Crippen molar-refractivity contribution in [2.45, 2.75) is 13.8 Å². The Labute approximate surface area is 215 Å². The number of hydrogen-bond acceptors (Lipinski definition) is 3. The van der Waals surface area contributed by atoms with Gasteiger partial charge in [-0.15, -0.1) is 0 Å². The summed E-state index contributed by atoms with van der Waals surface area (Å²) in [5, 5.41) is 7.62. The maximum Gasteiger partial charge on any atom is 0.263 e. The lowest BCUT2D eigenvalue weighted by molar-refractivity contribution is 0.0969. The van der Waals surface area contributed by atoms with E-state index in [-0.39, 0.29) is 5.11 Å². The number of rotatable bonds is 4. The maximum atomic E-state index is 13.9.